The molecule has 152 valence electrons. The number of nitrogens with zero attached hydrogens (tertiary/aromatic N) is 2. The highest BCUT2D eigenvalue weighted by atomic mass is 32.2. The van der Waals surface area contributed by atoms with E-state index in [-0.39, 0.29) is 37.6 Å². The fourth-order valence-electron chi connectivity index (χ4n) is 3.14. The molecular weight excluding hydrogens is 410 g/mol. The van der Waals surface area contributed by atoms with Crippen molar-refractivity contribution in [2.45, 2.75) is 16.4 Å². The van der Waals surface area contributed by atoms with E-state index in [1.54, 1.807) is 41.3 Å². The molecule has 1 aliphatic heterocycles. The van der Waals surface area contributed by atoms with E-state index in [0.29, 0.717) is 5.56 Å². The standard InChI is InChI=1S/C18H20F2N2O4S2/c19-18(20)28(25,26)17-9-5-4-8-16(17)21-10-12-22(13-11-21)27(23,24)14-15-6-2-1-3-7-15/h1-9,18H,10-14H2. The van der Waals surface area contributed by atoms with Crippen LogP contribution in [0.2, 0.25) is 0 Å². The number of sulfonamides is 1. The third-order valence-electron chi connectivity index (χ3n) is 4.57. The molecule has 3 rings (SSSR count). The third-order valence-corrected chi connectivity index (χ3v) is 7.85. The summed E-state index contributed by atoms with van der Waals surface area (Å²) in [6.07, 6.45) is 0. The van der Waals surface area contributed by atoms with Crippen LogP contribution in [0.3, 0.4) is 0 Å². The van der Waals surface area contributed by atoms with Crippen LogP contribution in [0.5, 0.6) is 0 Å². The molecule has 0 bridgehead atoms. The topological polar surface area (TPSA) is 74.8 Å². The fourth-order valence-corrected chi connectivity index (χ4v) is 5.60. The van der Waals surface area contributed by atoms with E-state index in [0.717, 1.165) is 6.07 Å². The van der Waals surface area contributed by atoms with Crippen LogP contribution in [0.4, 0.5) is 14.5 Å². The van der Waals surface area contributed by atoms with Crippen molar-refractivity contribution < 1.29 is 25.6 Å². The summed E-state index contributed by atoms with van der Waals surface area (Å²) < 4.78 is 76.4. The average Bonchev–Trinajstić information content (AvgIpc) is 2.68. The highest BCUT2D eigenvalue weighted by Gasteiger charge is 2.33. The first-order chi connectivity index (χ1) is 13.2. The summed E-state index contributed by atoms with van der Waals surface area (Å²) in [6, 6.07) is 14.4. The van der Waals surface area contributed by atoms with Gasteiger partial charge in [0.25, 0.3) is 0 Å². The zero-order valence-corrected chi connectivity index (χ0v) is 16.5. The number of hydrogen-bond acceptors (Lipinski definition) is 5. The van der Waals surface area contributed by atoms with Crippen molar-refractivity contribution in [1.82, 2.24) is 4.31 Å². The number of alkyl halides is 2. The maximum atomic E-state index is 13.0. The summed E-state index contributed by atoms with van der Waals surface area (Å²) in [4.78, 5) is 1.19. The highest BCUT2D eigenvalue weighted by molar-refractivity contribution is 7.91. The van der Waals surface area contributed by atoms with Gasteiger partial charge in [0.2, 0.25) is 19.9 Å². The molecule has 28 heavy (non-hydrogen) atoms. The van der Waals surface area contributed by atoms with Crippen molar-refractivity contribution in [1.29, 1.82) is 0 Å². The Bertz CT molecular complexity index is 1020. The molecule has 1 fully saturated rings. The lowest BCUT2D eigenvalue weighted by Gasteiger charge is -2.36. The van der Waals surface area contributed by atoms with Gasteiger partial charge in [0.05, 0.1) is 16.3 Å². The van der Waals surface area contributed by atoms with Gasteiger partial charge in [0, 0.05) is 26.2 Å². The maximum absolute atomic E-state index is 13.0. The first kappa shape index (κ1) is 20.7. The van der Waals surface area contributed by atoms with Crippen LogP contribution in [-0.4, -0.2) is 53.1 Å². The average molecular weight is 430 g/mol. The Kier molecular flexibility index (Phi) is 6.01. The number of para-hydroxylation sites is 1. The van der Waals surface area contributed by atoms with Crippen LogP contribution in [0.15, 0.2) is 59.5 Å². The Morgan fingerprint density at radius 1 is 0.821 bits per heavy atom. The fraction of sp³-hybridized carbons (Fsp3) is 0.333. The minimum Gasteiger partial charge on any atom is -0.368 e. The van der Waals surface area contributed by atoms with Gasteiger partial charge in [-0.2, -0.15) is 13.1 Å². The first-order valence-electron chi connectivity index (χ1n) is 8.59. The van der Waals surface area contributed by atoms with Gasteiger partial charge in [-0.25, -0.2) is 16.8 Å². The molecule has 1 aliphatic rings. The van der Waals surface area contributed by atoms with Crippen LogP contribution in [-0.2, 0) is 25.6 Å². The van der Waals surface area contributed by atoms with E-state index in [1.165, 1.54) is 16.4 Å². The molecular formula is C18H20F2N2O4S2. The molecule has 6 nitrogen and oxygen atoms in total. The molecule has 0 N–H and O–H groups in total. The molecule has 0 radical (unpaired) electrons. The largest absolute Gasteiger partial charge is 0.368 e. The van der Waals surface area contributed by atoms with Crippen molar-refractivity contribution in [3.63, 3.8) is 0 Å². The van der Waals surface area contributed by atoms with Crippen LogP contribution in [0.1, 0.15) is 5.56 Å². The monoisotopic (exact) mass is 430 g/mol. The SMILES string of the molecule is O=S(=O)(c1ccccc1N1CCN(S(=O)(=O)Cc2ccccc2)CC1)C(F)F. The van der Waals surface area contributed by atoms with Crippen molar-refractivity contribution in [2.75, 3.05) is 31.1 Å². The van der Waals surface area contributed by atoms with Gasteiger partial charge in [-0.15, -0.1) is 0 Å². The molecule has 2 aromatic rings. The van der Waals surface area contributed by atoms with E-state index in [9.17, 15) is 25.6 Å². The summed E-state index contributed by atoms with van der Waals surface area (Å²) in [7, 11) is -8.27. The Labute approximate surface area is 163 Å². The first-order valence-corrected chi connectivity index (χ1v) is 11.7. The lowest BCUT2D eigenvalue weighted by molar-refractivity contribution is 0.234. The molecule has 0 aromatic heterocycles. The quantitative estimate of drug-likeness (QED) is 0.703. The van der Waals surface area contributed by atoms with E-state index in [1.807, 2.05) is 0 Å². The van der Waals surface area contributed by atoms with Gasteiger partial charge in [-0.05, 0) is 17.7 Å². The molecule has 2 aromatic carbocycles. The predicted molar refractivity (Wildman–Crippen MR) is 102 cm³/mol. The van der Waals surface area contributed by atoms with Gasteiger partial charge >= 0.3 is 5.76 Å². The van der Waals surface area contributed by atoms with Crippen LogP contribution in [0.25, 0.3) is 0 Å². The summed E-state index contributed by atoms with van der Waals surface area (Å²) in [5.41, 5.74) is 0.848. The number of anilines is 1. The Morgan fingerprint density at radius 3 is 2.00 bits per heavy atom. The molecule has 0 aliphatic carbocycles. The number of rotatable bonds is 6. The molecule has 0 amide bonds. The number of benzene rings is 2. The van der Waals surface area contributed by atoms with Gasteiger partial charge in [0.1, 0.15) is 0 Å². The highest BCUT2D eigenvalue weighted by Crippen LogP contribution is 2.30. The summed E-state index contributed by atoms with van der Waals surface area (Å²) in [5.74, 6) is -3.63. The number of hydrogen-bond donors (Lipinski definition) is 0. The molecule has 0 atom stereocenters. The smallest absolute Gasteiger partial charge is 0.341 e. The van der Waals surface area contributed by atoms with Crippen LogP contribution >= 0.6 is 0 Å². The van der Waals surface area contributed by atoms with Crippen LogP contribution < -0.4 is 4.90 Å². The molecule has 1 heterocycles. The second kappa shape index (κ2) is 8.14. The van der Waals surface area contributed by atoms with E-state index in [4.69, 9.17) is 0 Å². The molecule has 10 heteroatoms. The molecule has 0 saturated carbocycles. The molecule has 1 saturated heterocycles. The minimum absolute atomic E-state index is 0.121. The van der Waals surface area contributed by atoms with E-state index < -0.39 is 30.5 Å². The third kappa shape index (κ3) is 4.34. The second-order valence-electron chi connectivity index (χ2n) is 6.40. The normalized spacial score (nSPS) is 16.5. The molecule has 0 unspecified atom stereocenters. The van der Waals surface area contributed by atoms with Gasteiger partial charge in [-0.3, -0.25) is 0 Å². The van der Waals surface area contributed by atoms with Crippen molar-refractivity contribution in [2.24, 2.45) is 0 Å². The van der Waals surface area contributed by atoms with Gasteiger partial charge in [-0.1, -0.05) is 42.5 Å². The Balaban J connectivity index is 1.75. The van der Waals surface area contributed by atoms with Crippen molar-refractivity contribution in [3.05, 3.63) is 60.2 Å². The van der Waals surface area contributed by atoms with E-state index >= 15 is 0 Å². The second-order valence-corrected chi connectivity index (χ2v) is 10.3. The number of piperazine rings is 1. The number of sulfone groups is 1. The summed E-state index contributed by atoms with van der Waals surface area (Å²) in [6.45, 7) is 0.726. The number of halogens is 2. The van der Waals surface area contributed by atoms with Crippen molar-refractivity contribution >= 4 is 25.5 Å². The van der Waals surface area contributed by atoms with Crippen LogP contribution in [0, 0.1) is 0 Å². The zero-order chi connectivity index (χ0) is 20.4. The Morgan fingerprint density at radius 2 is 1.39 bits per heavy atom. The van der Waals surface area contributed by atoms with Gasteiger partial charge in [0.15, 0.2) is 0 Å². The van der Waals surface area contributed by atoms with Crippen molar-refractivity contribution in [3.8, 4) is 0 Å². The maximum Gasteiger partial charge on any atom is 0.341 e. The zero-order valence-electron chi connectivity index (χ0n) is 14.9. The lowest BCUT2D eigenvalue weighted by atomic mass is 10.2. The molecule has 0 spiro atoms. The minimum atomic E-state index is -4.75. The summed E-state index contributed by atoms with van der Waals surface area (Å²) in [5, 5.41) is 0. The summed E-state index contributed by atoms with van der Waals surface area (Å²) >= 11 is 0. The lowest BCUT2D eigenvalue weighted by Crippen LogP contribution is -2.49. The Hall–Kier alpha value is -2.04. The van der Waals surface area contributed by atoms with E-state index in [2.05, 4.69) is 0 Å². The van der Waals surface area contributed by atoms with Gasteiger partial charge < -0.3 is 4.90 Å². The predicted octanol–water partition coefficient (Wildman–Crippen LogP) is 2.33.